The summed E-state index contributed by atoms with van der Waals surface area (Å²) in [5, 5.41) is 6.89. The lowest BCUT2D eigenvalue weighted by Crippen LogP contribution is -2.52. The number of benzene rings is 1. The number of aliphatic imine (C=N–C) groups is 1. The first kappa shape index (κ1) is 22.4. The summed E-state index contributed by atoms with van der Waals surface area (Å²) in [7, 11) is 1.73. The molecule has 32 heavy (non-hydrogen) atoms. The summed E-state index contributed by atoms with van der Waals surface area (Å²) in [6, 6.07) is 12.0. The molecule has 8 heteroatoms. The second kappa shape index (κ2) is 9.38. The van der Waals surface area contributed by atoms with Crippen LogP contribution in [-0.4, -0.2) is 43.7 Å². The van der Waals surface area contributed by atoms with Crippen LogP contribution in [0.1, 0.15) is 43.2 Å². The van der Waals surface area contributed by atoms with E-state index in [-0.39, 0.29) is 5.41 Å². The van der Waals surface area contributed by atoms with Crippen LogP contribution in [0.15, 0.2) is 53.7 Å². The number of anilines is 1. The van der Waals surface area contributed by atoms with E-state index in [0.717, 1.165) is 62.6 Å². The van der Waals surface area contributed by atoms with Crippen LogP contribution in [0.2, 0.25) is 0 Å². The zero-order valence-corrected chi connectivity index (χ0v) is 18.3. The van der Waals surface area contributed by atoms with Crippen LogP contribution in [0.5, 0.6) is 0 Å². The molecule has 2 aromatic rings. The van der Waals surface area contributed by atoms with Crippen LogP contribution in [0.3, 0.4) is 0 Å². The standard InChI is InChI=1S/C24H30F3N5/c1-28-22(31-20-9-14-32(15-10-20)21-8-2-3-13-29-21)30-17-23(11-5-12-23)18-6-4-7-19(16-18)24(25,26)27/h2-4,6-8,13,16,20H,5,9-12,14-15,17H2,1H3,(H2,28,30,31). The Labute approximate surface area is 187 Å². The maximum atomic E-state index is 13.2. The van der Waals surface area contributed by atoms with Gasteiger partial charge < -0.3 is 15.5 Å². The summed E-state index contributed by atoms with van der Waals surface area (Å²) in [6.45, 7) is 2.40. The monoisotopic (exact) mass is 445 g/mol. The molecule has 172 valence electrons. The van der Waals surface area contributed by atoms with Gasteiger partial charge in [-0.3, -0.25) is 4.99 Å². The molecule has 0 unspecified atom stereocenters. The zero-order valence-electron chi connectivity index (χ0n) is 18.3. The topological polar surface area (TPSA) is 52.6 Å². The highest BCUT2D eigenvalue weighted by molar-refractivity contribution is 5.80. The molecule has 0 radical (unpaired) electrons. The average molecular weight is 446 g/mol. The molecule has 5 nitrogen and oxygen atoms in total. The molecule has 2 aliphatic rings. The predicted octanol–water partition coefficient (Wildman–Crippen LogP) is 4.36. The second-order valence-electron chi connectivity index (χ2n) is 8.73. The number of hydrogen-bond donors (Lipinski definition) is 2. The van der Waals surface area contributed by atoms with E-state index < -0.39 is 11.7 Å². The Morgan fingerprint density at radius 1 is 1.16 bits per heavy atom. The molecule has 0 atom stereocenters. The number of rotatable bonds is 5. The van der Waals surface area contributed by atoms with Gasteiger partial charge in [0.05, 0.1) is 5.56 Å². The van der Waals surface area contributed by atoms with Crippen molar-refractivity contribution in [1.82, 2.24) is 15.6 Å². The zero-order chi connectivity index (χ0) is 22.6. The molecule has 2 heterocycles. The summed E-state index contributed by atoms with van der Waals surface area (Å²) in [5.41, 5.74) is -0.102. The van der Waals surface area contributed by atoms with Gasteiger partial charge in [0.1, 0.15) is 5.82 Å². The van der Waals surface area contributed by atoms with Gasteiger partial charge in [-0.15, -0.1) is 0 Å². The molecule has 0 bridgehead atoms. The Morgan fingerprint density at radius 3 is 2.53 bits per heavy atom. The van der Waals surface area contributed by atoms with Gasteiger partial charge in [-0.1, -0.05) is 30.7 Å². The van der Waals surface area contributed by atoms with E-state index in [9.17, 15) is 13.2 Å². The SMILES string of the molecule is CN=C(NCC1(c2cccc(C(F)(F)F)c2)CCC1)NC1CCN(c2ccccn2)CC1. The van der Waals surface area contributed by atoms with E-state index in [2.05, 4.69) is 25.5 Å². The van der Waals surface area contributed by atoms with Crippen molar-refractivity contribution in [2.75, 3.05) is 31.6 Å². The van der Waals surface area contributed by atoms with Crippen molar-refractivity contribution < 1.29 is 13.2 Å². The minimum Gasteiger partial charge on any atom is -0.356 e. The average Bonchev–Trinajstić information content (AvgIpc) is 2.78. The first-order chi connectivity index (χ1) is 15.4. The van der Waals surface area contributed by atoms with Gasteiger partial charge in [-0.25, -0.2) is 4.98 Å². The summed E-state index contributed by atoms with van der Waals surface area (Å²) >= 11 is 0. The van der Waals surface area contributed by atoms with Gasteiger partial charge >= 0.3 is 6.18 Å². The number of aromatic nitrogens is 1. The van der Waals surface area contributed by atoms with E-state index in [1.165, 1.54) is 12.1 Å². The summed E-state index contributed by atoms with van der Waals surface area (Å²) in [6.07, 6.45) is 2.20. The fourth-order valence-electron chi connectivity index (χ4n) is 4.63. The van der Waals surface area contributed by atoms with Crippen LogP contribution in [0.25, 0.3) is 0 Å². The fraction of sp³-hybridized carbons (Fsp3) is 0.500. The highest BCUT2D eigenvalue weighted by Crippen LogP contribution is 2.44. The highest BCUT2D eigenvalue weighted by atomic mass is 19.4. The Kier molecular flexibility index (Phi) is 6.58. The first-order valence-corrected chi connectivity index (χ1v) is 11.2. The molecule has 1 aromatic carbocycles. The van der Waals surface area contributed by atoms with Crippen molar-refractivity contribution in [3.05, 3.63) is 59.8 Å². The van der Waals surface area contributed by atoms with Gasteiger partial charge in [0.2, 0.25) is 0 Å². The van der Waals surface area contributed by atoms with Crippen molar-refractivity contribution in [2.24, 2.45) is 4.99 Å². The first-order valence-electron chi connectivity index (χ1n) is 11.2. The Bertz CT molecular complexity index is 917. The molecule has 1 saturated heterocycles. The minimum atomic E-state index is -4.32. The maximum absolute atomic E-state index is 13.2. The molecule has 1 aliphatic carbocycles. The summed E-state index contributed by atoms with van der Waals surface area (Å²) in [4.78, 5) is 11.1. The minimum absolute atomic E-state index is 0.277. The third kappa shape index (κ3) is 5.00. The number of guanidine groups is 1. The molecule has 0 spiro atoms. The van der Waals surface area contributed by atoms with Crippen LogP contribution >= 0.6 is 0 Å². The van der Waals surface area contributed by atoms with Crippen molar-refractivity contribution in [3.8, 4) is 0 Å². The third-order valence-corrected chi connectivity index (χ3v) is 6.74. The number of piperidine rings is 1. The Hall–Kier alpha value is -2.77. The van der Waals surface area contributed by atoms with Crippen LogP contribution < -0.4 is 15.5 Å². The van der Waals surface area contributed by atoms with Crippen LogP contribution in [0.4, 0.5) is 19.0 Å². The lowest BCUT2D eigenvalue weighted by molar-refractivity contribution is -0.137. The molecule has 2 fully saturated rings. The lowest BCUT2D eigenvalue weighted by atomic mass is 9.64. The number of nitrogens with zero attached hydrogens (tertiary/aromatic N) is 3. The van der Waals surface area contributed by atoms with Crippen LogP contribution in [0, 0.1) is 0 Å². The van der Waals surface area contributed by atoms with E-state index in [1.54, 1.807) is 7.05 Å². The van der Waals surface area contributed by atoms with Gasteiger partial charge in [0, 0.05) is 44.3 Å². The van der Waals surface area contributed by atoms with Crippen molar-refractivity contribution >= 4 is 11.8 Å². The van der Waals surface area contributed by atoms with Crippen molar-refractivity contribution in [3.63, 3.8) is 0 Å². The van der Waals surface area contributed by atoms with Crippen molar-refractivity contribution in [1.29, 1.82) is 0 Å². The van der Waals surface area contributed by atoms with Gasteiger partial charge in [-0.2, -0.15) is 13.2 Å². The summed E-state index contributed by atoms with van der Waals surface area (Å²) < 4.78 is 39.6. The van der Waals surface area contributed by atoms with E-state index in [0.29, 0.717) is 18.5 Å². The number of nitrogens with one attached hydrogen (secondary N) is 2. The molecule has 4 rings (SSSR count). The maximum Gasteiger partial charge on any atom is 0.416 e. The molecule has 1 aliphatic heterocycles. The van der Waals surface area contributed by atoms with Gasteiger partial charge in [0.25, 0.3) is 0 Å². The fourth-order valence-corrected chi connectivity index (χ4v) is 4.63. The molecule has 0 amide bonds. The van der Waals surface area contributed by atoms with Gasteiger partial charge in [-0.05, 0) is 49.4 Å². The predicted molar refractivity (Wildman–Crippen MR) is 121 cm³/mol. The lowest BCUT2D eigenvalue weighted by Gasteiger charge is -2.43. The number of halogens is 3. The van der Waals surface area contributed by atoms with Crippen molar-refractivity contribution in [2.45, 2.75) is 49.7 Å². The molecular formula is C24H30F3N5. The normalized spacial score (nSPS) is 19.4. The number of pyridine rings is 1. The second-order valence-corrected chi connectivity index (χ2v) is 8.73. The highest BCUT2D eigenvalue weighted by Gasteiger charge is 2.40. The molecule has 2 N–H and O–H groups in total. The number of alkyl halides is 3. The Balaban J connectivity index is 1.33. The van der Waals surface area contributed by atoms with Gasteiger partial charge in [0.15, 0.2) is 5.96 Å². The quantitative estimate of drug-likeness (QED) is 0.531. The van der Waals surface area contributed by atoms with E-state index in [4.69, 9.17) is 0 Å². The molecule has 1 saturated carbocycles. The van der Waals surface area contributed by atoms with E-state index in [1.807, 2.05) is 30.5 Å². The number of hydrogen-bond acceptors (Lipinski definition) is 3. The molecule has 1 aromatic heterocycles. The van der Waals surface area contributed by atoms with Crippen LogP contribution in [-0.2, 0) is 11.6 Å². The van der Waals surface area contributed by atoms with E-state index >= 15 is 0 Å². The molecular weight excluding hydrogens is 415 g/mol. The Morgan fingerprint density at radius 2 is 1.94 bits per heavy atom. The largest absolute Gasteiger partial charge is 0.416 e. The third-order valence-electron chi connectivity index (χ3n) is 6.74. The summed E-state index contributed by atoms with van der Waals surface area (Å²) in [5.74, 6) is 1.71. The smallest absolute Gasteiger partial charge is 0.356 e.